The molecule has 0 spiro atoms. The average molecular weight is 245 g/mol. The van der Waals surface area contributed by atoms with Gasteiger partial charge in [-0.3, -0.25) is 0 Å². The molecule has 0 amide bonds. The quantitative estimate of drug-likeness (QED) is 0.839. The molecule has 1 aliphatic rings. The van der Waals surface area contributed by atoms with E-state index in [4.69, 9.17) is 11.0 Å². The van der Waals surface area contributed by atoms with Crippen LogP contribution in [0, 0.1) is 17.2 Å². The number of piperidine rings is 1. The first-order valence-corrected chi connectivity index (χ1v) is 6.27. The Morgan fingerprint density at radius 1 is 1.67 bits per heavy atom. The van der Waals surface area contributed by atoms with Crippen molar-refractivity contribution in [2.24, 2.45) is 5.92 Å². The first-order valence-electron chi connectivity index (χ1n) is 6.27. The van der Waals surface area contributed by atoms with Crippen LogP contribution in [0.1, 0.15) is 18.4 Å². The fourth-order valence-electron chi connectivity index (χ4n) is 2.37. The number of likely N-dealkylation sites (tertiary alicyclic amines) is 1. The van der Waals surface area contributed by atoms with E-state index in [1.807, 2.05) is 6.07 Å². The molecule has 1 fully saturated rings. The van der Waals surface area contributed by atoms with E-state index in [9.17, 15) is 0 Å². The van der Waals surface area contributed by atoms with Crippen molar-refractivity contribution in [1.29, 1.82) is 5.26 Å². The summed E-state index contributed by atoms with van der Waals surface area (Å²) in [6.45, 7) is 3.18. The van der Waals surface area contributed by atoms with Crippen LogP contribution in [0.4, 0.5) is 11.5 Å². The highest BCUT2D eigenvalue weighted by Gasteiger charge is 2.17. The molecule has 5 nitrogen and oxygen atoms in total. The van der Waals surface area contributed by atoms with E-state index in [-0.39, 0.29) is 0 Å². The van der Waals surface area contributed by atoms with Crippen LogP contribution in [-0.2, 0) is 0 Å². The number of nitrogens with two attached hydrogens (primary N) is 1. The van der Waals surface area contributed by atoms with Gasteiger partial charge in [-0.05, 0) is 38.4 Å². The number of nitrogen functional groups attached to an aromatic ring is 1. The van der Waals surface area contributed by atoms with Crippen LogP contribution >= 0.6 is 0 Å². The van der Waals surface area contributed by atoms with Gasteiger partial charge in [0.15, 0.2) is 0 Å². The van der Waals surface area contributed by atoms with E-state index in [1.54, 1.807) is 12.3 Å². The zero-order valence-corrected chi connectivity index (χ0v) is 10.7. The van der Waals surface area contributed by atoms with Crippen molar-refractivity contribution >= 4 is 11.5 Å². The second-order valence-electron chi connectivity index (χ2n) is 4.93. The van der Waals surface area contributed by atoms with E-state index >= 15 is 0 Å². The smallest absolute Gasteiger partial charge is 0.149 e. The zero-order chi connectivity index (χ0) is 13.0. The molecule has 1 aromatic heterocycles. The van der Waals surface area contributed by atoms with E-state index in [0.717, 1.165) is 13.1 Å². The largest absolute Gasteiger partial charge is 0.396 e. The fraction of sp³-hybridized carbons (Fsp3) is 0.538. The van der Waals surface area contributed by atoms with Gasteiger partial charge in [0.05, 0.1) is 11.3 Å². The SMILES string of the molecule is CN1CCCC(CNc2ncc(C#N)cc2N)C1. The fourth-order valence-corrected chi connectivity index (χ4v) is 2.37. The third-order valence-electron chi connectivity index (χ3n) is 3.33. The lowest BCUT2D eigenvalue weighted by Crippen LogP contribution is -2.35. The second-order valence-corrected chi connectivity index (χ2v) is 4.93. The van der Waals surface area contributed by atoms with E-state index < -0.39 is 0 Å². The summed E-state index contributed by atoms with van der Waals surface area (Å²) in [6.07, 6.45) is 4.04. The van der Waals surface area contributed by atoms with Gasteiger partial charge in [0.2, 0.25) is 0 Å². The Balaban J connectivity index is 1.92. The summed E-state index contributed by atoms with van der Waals surface area (Å²) in [7, 11) is 2.15. The Labute approximate surface area is 108 Å². The topological polar surface area (TPSA) is 78.0 Å². The Bertz CT molecular complexity index is 451. The third-order valence-corrected chi connectivity index (χ3v) is 3.33. The maximum absolute atomic E-state index is 8.74. The van der Waals surface area contributed by atoms with E-state index in [0.29, 0.717) is 23.0 Å². The van der Waals surface area contributed by atoms with Crippen molar-refractivity contribution in [2.75, 3.05) is 37.7 Å². The molecule has 2 rings (SSSR count). The van der Waals surface area contributed by atoms with Crippen LogP contribution in [0.5, 0.6) is 0 Å². The van der Waals surface area contributed by atoms with Crippen LogP contribution < -0.4 is 11.1 Å². The van der Waals surface area contributed by atoms with Gasteiger partial charge < -0.3 is 16.0 Å². The number of hydrogen-bond acceptors (Lipinski definition) is 5. The van der Waals surface area contributed by atoms with Gasteiger partial charge in [-0.2, -0.15) is 5.26 Å². The van der Waals surface area contributed by atoms with Crippen LogP contribution in [-0.4, -0.2) is 36.6 Å². The molecule has 18 heavy (non-hydrogen) atoms. The standard InChI is InChI=1S/C13H19N5/c1-18-4-2-3-10(9-18)7-16-13-12(15)5-11(6-14)8-17-13/h5,8,10H,2-4,7,9,15H2,1H3,(H,16,17). The maximum atomic E-state index is 8.74. The van der Waals surface area contributed by atoms with Gasteiger partial charge in [-0.1, -0.05) is 0 Å². The number of anilines is 2. The summed E-state index contributed by atoms with van der Waals surface area (Å²) < 4.78 is 0. The Hall–Kier alpha value is -1.80. The van der Waals surface area contributed by atoms with Crippen LogP contribution in [0.25, 0.3) is 0 Å². The molecular weight excluding hydrogens is 226 g/mol. The molecule has 1 atom stereocenters. The Kier molecular flexibility index (Phi) is 4.00. The molecule has 0 aliphatic carbocycles. The summed E-state index contributed by atoms with van der Waals surface area (Å²) in [5, 5.41) is 12.0. The lowest BCUT2D eigenvalue weighted by Gasteiger charge is -2.29. The maximum Gasteiger partial charge on any atom is 0.149 e. The first kappa shape index (κ1) is 12.7. The minimum Gasteiger partial charge on any atom is -0.396 e. The summed E-state index contributed by atoms with van der Waals surface area (Å²) in [5.74, 6) is 1.32. The third kappa shape index (κ3) is 3.11. The molecule has 0 saturated carbocycles. The normalized spacial score (nSPS) is 20.3. The number of nitrogens with zero attached hydrogens (tertiary/aromatic N) is 3. The van der Waals surface area contributed by atoms with Crippen molar-refractivity contribution < 1.29 is 0 Å². The number of aromatic nitrogens is 1. The van der Waals surface area contributed by atoms with Gasteiger partial charge in [0, 0.05) is 19.3 Å². The van der Waals surface area contributed by atoms with Crippen molar-refractivity contribution in [2.45, 2.75) is 12.8 Å². The summed E-state index contributed by atoms with van der Waals surface area (Å²) in [4.78, 5) is 6.53. The molecule has 1 aromatic rings. The number of rotatable bonds is 3. The molecular formula is C13H19N5. The summed E-state index contributed by atoms with van der Waals surface area (Å²) >= 11 is 0. The van der Waals surface area contributed by atoms with Crippen LogP contribution in [0.3, 0.4) is 0 Å². The minimum atomic E-state index is 0.496. The van der Waals surface area contributed by atoms with Gasteiger partial charge in [0.1, 0.15) is 11.9 Å². The van der Waals surface area contributed by atoms with Crippen molar-refractivity contribution in [3.63, 3.8) is 0 Å². The van der Waals surface area contributed by atoms with Gasteiger partial charge in [0.25, 0.3) is 0 Å². The second kappa shape index (κ2) is 5.69. The average Bonchev–Trinajstić information content (AvgIpc) is 2.37. The Morgan fingerprint density at radius 2 is 2.50 bits per heavy atom. The molecule has 1 aliphatic heterocycles. The zero-order valence-electron chi connectivity index (χ0n) is 10.7. The summed E-state index contributed by atoms with van der Waals surface area (Å²) in [5.41, 5.74) is 6.89. The molecule has 0 radical (unpaired) electrons. The lowest BCUT2D eigenvalue weighted by atomic mass is 9.98. The minimum absolute atomic E-state index is 0.496. The molecule has 0 bridgehead atoms. The van der Waals surface area contributed by atoms with Crippen molar-refractivity contribution in [3.8, 4) is 6.07 Å². The lowest BCUT2D eigenvalue weighted by molar-refractivity contribution is 0.217. The number of nitrogens with one attached hydrogen (secondary N) is 1. The molecule has 1 saturated heterocycles. The highest BCUT2D eigenvalue weighted by molar-refractivity contribution is 5.63. The molecule has 2 heterocycles. The van der Waals surface area contributed by atoms with Gasteiger partial charge in [-0.15, -0.1) is 0 Å². The van der Waals surface area contributed by atoms with E-state index in [1.165, 1.54) is 19.4 Å². The number of hydrogen-bond donors (Lipinski definition) is 2. The number of nitriles is 1. The molecule has 1 unspecified atom stereocenters. The molecule has 3 N–H and O–H groups in total. The van der Waals surface area contributed by atoms with E-state index in [2.05, 4.69) is 22.2 Å². The highest BCUT2D eigenvalue weighted by Crippen LogP contribution is 2.19. The monoisotopic (exact) mass is 245 g/mol. The van der Waals surface area contributed by atoms with Gasteiger partial charge in [-0.25, -0.2) is 4.98 Å². The van der Waals surface area contributed by atoms with Gasteiger partial charge >= 0.3 is 0 Å². The number of pyridine rings is 1. The van der Waals surface area contributed by atoms with Crippen LogP contribution in [0.15, 0.2) is 12.3 Å². The van der Waals surface area contributed by atoms with Crippen molar-refractivity contribution in [3.05, 3.63) is 17.8 Å². The first-order chi connectivity index (χ1) is 8.69. The molecule has 0 aromatic carbocycles. The summed E-state index contributed by atoms with van der Waals surface area (Å²) in [6, 6.07) is 3.68. The van der Waals surface area contributed by atoms with Crippen molar-refractivity contribution in [1.82, 2.24) is 9.88 Å². The molecule has 5 heteroatoms. The van der Waals surface area contributed by atoms with Crippen LogP contribution in [0.2, 0.25) is 0 Å². The predicted molar refractivity (Wildman–Crippen MR) is 72.1 cm³/mol. The Morgan fingerprint density at radius 3 is 3.17 bits per heavy atom. The predicted octanol–water partition coefficient (Wildman–Crippen LogP) is 1.29. The molecule has 96 valence electrons. The highest BCUT2D eigenvalue weighted by atomic mass is 15.1.